The first-order valence-corrected chi connectivity index (χ1v) is 7.94. The number of ether oxygens (including phenoxy) is 3. The number of halogens is 3. The Hall–Kier alpha value is -2.14. The molecule has 0 saturated carbocycles. The van der Waals surface area contributed by atoms with Gasteiger partial charge in [0.25, 0.3) is 0 Å². The number of hydrogen-bond acceptors (Lipinski definition) is 7. The number of nitrogens with one attached hydrogen (secondary N) is 1. The lowest BCUT2D eigenvalue weighted by Gasteiger charge is -2.29. The monoisotopic (exact) mass is 391 g/mol. The number of fused-ring (bicyclic) bond motifs is 1. The third-order valence-corrected chi connectivity index (χ3v) is 3.77. The van der Waals surface area contributed by atoms with Crippen LogP contribution in [0.4, 0.5) is 13.2 Å². The Morgan fingerprint density at radius 1 is 1.33 bits per heavy atom. The van der Waals surface area contributed by atoms with Crippen molar-refractivity contribution in [1.82, 2.24) is 5.64 Å². The highest BCUT2D eigenvalue weighted by Crippen LogP contribution is 2.39. The summed E-state index contributed by atoms with van der Waals surface area (Å²) in [6.45, 7) is 2.93. The van der Waals surface area contributed by atoms with Gasteiger partial charge in [0.05, 0.1) is 12.2 Å². The van der Waals surface area contributed by atoms with Gasteiger partial charge < -0.3 is 14.2 Å². The molecule has 150 valence electrons. The summed E-state index contributed by atoms with van der Waals surface area (Å²) in [4.78, 5) is 16.9. The topological polar surface area (TPSA) is 86.3 Å². The second-order valence-corrected chi connectivity index (χ2v) is 6.02. The molecule has 0 fully saturated rings. The first-order valence-electron chi connectivity index (χ1n) is 7.94. The number of hydrogen-bond donors (Lipinski definition) is 2. The SMILES string of the molecule is COCC(CONO)OC(=O)C1=Cc2cc(C)cc(C)c2O[C@@H]1C(F)(F)F. The van der Waals surface area contributed by atoms with Crippen LogP contribution in [0.1, 0.15) is 16.7 Å². The van der Waals surface area contributed by atoms with E-state index in [2.05, 4.69) is 4.84 Å². The summed E-state index contributed by atoms with van der Waals surface area (Å²) in [6, 6.07) is 3.31. The first-order chi connectivity index (χ1) is 12.7. The van der Waals surface area contributed by atoms with Gasteiger partial charge in [-0.1, -0.05) is 17.3 Å². The minimum absolute atomic E-state index is 0.0701. The Morgan fingerprint density at radius 3 is 2.63 bits per heavy atom. The van der Waals surface area contributed by atoms with Gasteiger partial charge >= 0.3 is 12.1 Å². The van der Waals surface area contributed by atoms with Gasteiger partial charge in [0, 0.05) is 12.7 Å². The molecule has 0 aliphatic carbocycles. The van der Waals surface area contributed by atoms with Gasteiger partial charge in [-0.2, -0.15) is 13.2 Å². The molecule has 0 spiro atoms. The average Bonchev–Trinajstić information content (AvgIpc) is 2.57. The van der Waals surface area contributed by atoms with E-state index in [1.807, 2.05) is 0 Å². The lowest BCUT2D eigenvalue weighted by Crippen LogP contribution is -2.42. The highest BCUT2D eigenvalue weighted by atomic mass is 19.4. The Morgan fingerprint density at radius 2 is 2.04 bits per heavy atom. The zero-order valence-electron chi connectivity index (χ0n) is 14.9. The zero-order chi connectivity index (χ0) is 20.2. The molecule has 2 atom stereocenters. The van der Waals surface area contributed by atoms with Gasteiger partial charge in [0.1, 0.15) is 12.4 Å². The van der Waals surface area contributed by atoms with Gasteiger partial charge in [0.2, 0.25) is 6.10 Å². The van der Waals surface area contributed by atoms with E-state index in [9.17, 15) is 18.0 Å². The first kappa shape index (κ1) is 21.2. The van der Waals surface area contributed by atoms with Crippen LogP contribution in [0.25, 0.3) is 6.08 Å². The summed E-state index contributed by atoms with van der Waals surface area (Å²) in [5.41, 5.74) is 2.42. The molecule has 1 unspecified atom stereocenters. The maximum atomic E-state index is 13.5. The highest BCUT2D eigenvalue weighted by Gasteiger charge is 2.49. The maximum Gasteiger partial charge on any atom is 0.430 e. The number of aryl methyl sites for hydroxylation is 2. The smallest absolute Gasteiger partial charge is 0.430 e. The third kappa shape index (κ3) is 5.19. The van der Waals surface area contributed by atoms with Crippen LogP contribution in [-0.4, -0.2) is 49.9 Å². The Labute approximate surface area is 153 Å². The van der Waals surface area contributed by atoms with Gasteiger partial charge in [-0.05, 0) is 31.6 Å². The molecule has 1 aliphatic heterocycles. The van der Waals surface area contributed by atoms with Crippen LogP contribution < -0.4 is 10.4 Å². The van der Waals surface area contributed by atoms with Crippen LogP contribution in [0, 0.1) is 13.8 Å². The van der Waals surface area contributed by atoms with E-state index in [0.717, 1.165) is 11.6 Å². The Kier molecular flexibility index (Phi) is 6.82. The fraction of sp³-hybridized carbons (Fsp3) is 0.471. The minimum atomic E-state index is -4.82. The fourth-order valence-corrected chi connectivity index (χ4v) is 2.74. The number of carbonyl (C=O) groups excluding carboxylic acids is 1. The standard InChI is InChI=1S/C17H20F3NO6/c1-9-4-10(2)14-11(5-9)6-13(15(27-14)17(18,19)20)16(22)26-12(7-24-3)8-25-21-23/h4-6,12,15,21,23H,7-8H2,1-3H3/t12?,15-/m0/s1. The molecule has 1 heterocycles. The van der Waals surface area contributed by atoms with E-state index >= 15 is 0 Å². The molecule has 10 heteroatoms. The highest BCUT2D eigenvalue weighted by molar-refractivity contribution is 5.96. The summed E-state index contributed by atoms with van der Waals surface area (Å²) in [5.74, 6) is -1.15. The van der Waals surface area contributed by atoms with E-state index in [-0.39, 0.29) is 19.0 Å². The molecule has 2 rings (SSSR count). The van der Waals surface area contributed by atoms with Crippen LogP contribution in [-0.2, 0) is 19.1 Å². The zero-order valence-corrected chi connectivity index (χ0v) is 14.9. The largest absolute Gasteiger partial charge is 0.475 e. The fourth-order valence-electron chi connectivity index (χ4n) is 2.74. The van der Waals surface area contributed by atoms with E-state index in [1.165, 1.54) is 12.8 Å². The molecule has 1 aliphatic rings. The van der Waals surface area contributed by atoms with Crippen molar-refractivity contribution in [3.8, 4) is 5.75 Å². The Bertz CT molecular complexity index is 719. The van der Waals surface area contributed by atoms with Crippen LogP contribution in [0.3, 0.4) is 0 Å². The molecule has 0 aromatic heterocycles. The van der Waals surface area contributed by atoms with E-state index in [4.69, 9.17) is 19.4 Å². The van der Waals surface area contributed by atoms with Crippen molar-refractivity contribution in [3.05, 3.63) is 34.4 Å². The predicted molar refractivity (Wildman–Crippen MR) is 87.0 cm³/mol. The number of carbonyl (C=O) groups is 1. The lowest BCUT2D eigenvalue weighted by atomic mass is 9.97. The summed E-state index contributed by atoms with van der Waals surface area (Å²) in [5, 5.41) is 8.44. The number of rotatable bonds is 7. The number of methoxy groups -OCH3 is 1. The summed E-state index contributed by atoms with van der Waals surface area (Å²) in [7, 11) is 1.32. The van der Waals surface area contributed by atoms with Crippen molar-refractivity contribution in [2.75, 3.05) is 20.3 Å². The molecule has 0 amide bonds. The molecule has 0 radical (unpaired) electrons. The molecule has 0 bridgehead atoms. The molecular formula is C17H20F3NO6. The normalized spacial score (nSPS) is 17.6. The van der Waals surface area contributed by atoms with E-state index in [0.29, 0.717) is 11.1 Å². The average molecular weight is 391 g/mol. The van der Waals surface area contributed by atoms with Crippen LogP contribution >= 0.6 is 0 Å². The Balaban J connectivity index is 2.36. The number of esters is 1. The molecule has 1 aromatic rings. The van der Waals surface area contributed by atoms with Crippen molar-refractivity contribution in [3.63, 3.8) is 0 Å². The summed E-state index contributed by atoms with van der Waals surface area (Å²) in [6.07, 6.45) is -7.20. The van der Waals surface area contributed by atoms with Crippen molar-refractivity contribution in [2.45, 2.75) is 32.2 Å². The van der Waals surface area contributed by atoms with Crippen molar-refractivity contribution >= 4 is 12.0 Å². The van der Waals surface area contributed by atoms with Crippen LogP contribution in [0.15, 0.2) is 17.7 Å². The number of alkyl halides is 3. The number of benzene rings is 1. The third-order valence-electron chi connectivity index (χ3n) is 3.77. The summed E-state index contributed by atoms with van der Waals surface area (Å²) >= 11 is 0. The van der Waals surface area contributed by atoms with Crippen molar-refractivity contribution in [1.29, 1.82) is 0 Å². The molecule has 2 N–H and O–H groups in total. The molecule has 7 nitrogen and oxygen atoms in total. The van der Waals surface area contributed by atoms with Gasteiger partial charge in [-0.25, -0.2) is 4.79 Å². The maximum absolute atomic E-state index is 13.5. The second-order valence-electron chi connectivity index (χ2n) is 6.02. The molecular weight excluding hydrogens is 371 g/mol. The van der Waals surface area contributed by atoms with Crippen molar-refractivity contribution in [2.24, 2.45) is 0 Å². The van der Waals surface area contributed by atoms with Crippen LogP contribution in [0.5, 0.6) is 5.75 Å². The van der Waals surface area contributed by atoms with E-state index < -0.39 is 29.9 Å². The minimum Gasteiger partial charge on any atom is -0.475 e. The predicted octanol–water partition coefficient (Wildman–Crippen LogP) is 2.48. The molecule has 27 heavy (non-hydrogen) atoms. The lowest BCUT2D eigenvalue weighted by molar-refractivity contribution is -0.192. The van der Waals surface area contributed by atoms with E-state index in [1.54, 1.807) is 26.0 Å². The summed E-state index contributed by atoms with van der Waals surface area (Å²) < 4.78 is 55.4. The molecule has 0 saturated heterocycles. The van der Waals surface area contributed by atoms with Gasteiger partial charge in [-0.3, -0.25) is 10.0 Å². The quantitative estimate of drug-likeness (QED) is 0.546. The van der Waals surface area contributed by atoms with Gasteiger partial charge in [-0.15, -0.1) is 0 Å². The second kappa shape index (κ2) is 8.70. The molecule has 1 aromatic carbocycles. The van der Waals surface area contributed by atoms with Gasteiger partial charge in [0.15, 0.2) is 6.10 Å². The van der Waals surface area contributed by atoms with Crippen molar-refractivity contribution < 1.29 is 42.2 Å². The van der Waals surface area contributed by atoms with Crippen LogP contribution in [0.2, 0.25) is 0 Å².